The van der Waals surface area contributed by atoms with Crippen LogP contribution in [-0.2, 0) is 4.79 Å². The van der Waals surface area contributed by atoms with Crippen molar-refractivity contribution in [1.82, 2.24) is 5.32 Å². The molecule has 3 nitrogen and oxygen atoms in total. The fourth-order valence-electron chi connectivity index (χ4n) is 0.837. The van der Waals surface area contributed by atoms with E-state index in [1.54, 1.807) is 0 Å². The van der Waals surface area contributed by atoms with Gasteiger partial charge in [-0.05, 0) is 6.72 Å². The van der Waals surface area contributed by atoms with Gasteiger partial charge < -0.3 is 5.32 Å². The van der Waals surface area contributed by atoms with Crippen LogP contribution in [0.5, 0.6) is 0 Å². The number of hydrogen-bond acceptors (Lipinski definition) is 2. The maximum atomic E-state index is 10.8. The number of rotatable bonds is 2. The standard InChI is InChI=1S/C7H8N2O/c1-3-5-6(8-2)4-9-7(5)10/h3H,1-2,4H2,(H,9,10). The summed E-state index contributed by atoms with van der Waals surface area (Å²) >= 11 is 0. The summed E-state index contributed by atoms with van der Waals surface area (Å²) in [6.45, 7) is 7.29. The van der Waals surface area contributed by atoms with Crippen molar-refractivity contribution in [3.8, 4) is 0 Å². The van der Waals surface area contributed by atoms with E-state index >= 15 is 0 Å². The first-order valence-electron chi connectivity index (χ1n) is 2.90. The molecule has 1 heterocycles. The molecule has 1 amide bonds. The molecule has 0 bridgehead atoms. The van der Waals surface area contributed by atoms with Crippen LogP contribution in [0.4, 0.5) is 0 Å². The third kappa shape index (κ3) is 0.857. The van der Waals surface area contributed by atoms with Crippen LogP contribution >= 0.6 is 0 Å². The predicted octanol–water partition coefficient (Wildman–Crippen LogP) is 0.257. The highest BCUT2D eigenvalue weighted by Gasteiger charge is 2.17. The van der Waals surface area contributed by atoms with Gasteiger partial charge in [-0.15, -0.1) is 0 Å². The normalized spacial score (nSPS) is 17.0. The maximum absolute atomic E-state index is 10.8. The lowest BCUT2D eigenvalue weighted by Crippen LogP contribution is -2.16. The van der Waals surface area contributed by atoms with Crippen LogP contribution in [0.1, 0.15) is 0 Å². The second-order valence-electron chi connectivity index (χ2n) is 1.91. The Morgan fingerprint density at radius 2 is 2.40 bits per heavy atom. The zero-order valence-corrected chi connectivity index (χ0v) is 5.55. The van der Waals surface area contributed by atoms with E-state index in [0.29, 0.717) is 17.8 Å². The minimum absolute atomic E-state index is 0.114. The highest BCUT2D eigenvalue weighted by Crippen LogP contribution is 2.11. The van der Waals surface area contributed by atoms with E-state index in [1.165, 1.54) is 6.08 Å². The molecule has 0 aromatic rings. The van der Waals surface area contributed by atoms with E-state index in [0.717, 1.165) is 0 Å². The lowest BCUT2D eigenvalue weighted by Gasteiger charge is -1.87. The van der Waals surface area contributed by atoms with Crippen LogP contribution in [0.2, 0.25) is 0 Å². The summed E-state index contributed by atoms with van der Waals surface area (Å²) in [6.07, 6.45) is 1.49. The van der Waals surface area contributed by atoms with E-state index in [2.05, 4.69) is 23.6 Å². The highest BCUT2D eigenvalue weighted by molar-refractivity contribution is 5.99. The smallest absolute Gasteiger partial charge is 0.253 e. The molecular weight excluding hydrogens is 128 g/mol. The molecule has 1 N–H and O–H groups in total. The first-order valence-corrected chi connectivity index (χ1v) is 2.90. The van der Waals surface area contributed by atoms with Crippen LogP contribution in [0.3, 0.4) is 0 Å². The molecule has 0 unspecified atom stereocenters. The fraction of sp³-hybridized carbons (Fsp3) is 0.143. The molecule has 0 radical (unpaired) electrons. The Bertz CT molecular complexity index is 228. The van der Waals surface area contributed by atoms with Crippen molar-refractivity contribution in [3.05, 3.63) is 23.9 Å². The first-order chi connectivity index (χ1) is 4.79. The molecule has 52 valence electrons. The van der Waals surface area contributed by atoms with Crippen LogP contribution in [-0.4, -0.2) is 19.2 Å². The second kappa shape index (κ2) is 2.47. The monoisotopic (exact) mass is 136 g/mol. The molecule has 0 atom stereocenters. The summed E-state index contributed by atoms with van der Waals surface area (Å²) in [6, 6.07) is 0. The van der Waals surface area contributed by atoms with E-state index < -0.39 is 0 Å². The quantitative estimate of drug-likeness (QED) is 0.543. The zero-order valence-electron chi connectivity index (χ0n) is 5.55. The van der Waals surface area contributed by atoms with Gasteiger partial charge in [-0.25, -0.2) is 0 Å². The Labute approximate surface area is 59.2 Å². The second-order valence-corrected chi connectivity index (χ2v) is 1.91. The first kappa shape index (κ1) is 6.74. The largest absolute Gasteiger partial charge is 0.346 e. The van der Waals surface area contributed by atoms with Gasteiger partial charge in [-0.3, -0.25) is 9.79 Å². The van der Waals surface area contributed by atoms with Gasteiger partial charge in [0, 0.05) is 0 Å². The van der Waals surface area contributed by atoms with Gasteiger partial charge >= 0.3 is 0 Å². The van der Waals surface area contributed by atoms with E-state index in [1.807, 2.05) is 0 Å². The van der Waals surface area contributed by atoms with Crippen molar-refractivity contribution >= 4 is 12.6 Å². The Kier molecular flexibility index (Phi) is 1.67. The summed E-state index contributed by atoms with van der Waals surface area (Å²) in [4.78, 5) is 14.5. The number of nitrogens with zero attached hydrogens (tertiary/aromatic N) is 1. The number of carbonyl (C=O) groups is 1. The van der Waals surface area contributed by atoms with E-state index in [-0.39, 0.29) is 5.91 Å². The molecule has 0 saturated heterocycles. The molecule has 1 rings (SSSR count). The van der Waals surface area contributed by atoms with E-state index in [9.17, 15) is 4.79 Å². The van der Waals surface area contributed by atoms with Crippen LogP contribution in [0.15, 0.2) is 28.9 Å². The lowest BCUT2D eigenvalue weighted by atomic mass is 10.2. The van der Waals surface area contributed by atoms with Gasteiger partial charge in [0.2, 0.25) is 0 Å². The van der Waals surface area contributed by atoms with Crippen LogP contribution in [0, 0.1) is 0 Å². The summed E-state index contributed by atoms with van der Waals surface area (Å²) in [5.74, 6) is -0.114. The molecule has 1 aliphatic rings. The molecule has 0 fully saturated rings. The Morgan fingerprint density at radius 1 is 1.70 bits per heavy atom. The lowest BCUT2D eigenvalue weighted by molar-refractivity contribution is -0.116. The average molecular weight is 136 g/mol. The predicted molar refractivity (Wildman–Crippen MR) is 39.8 cm³/mol. The summed E-state index contributed by atoms with van der Waals surface area (Å²) < 4.78 is 0. The zero-order chi connectivity index (χ0) is 7.56. The minimum atomic E-state index is -0.114. The van der Waals surface area contributed by atoms with Gasteiger partial charge in [-0.1, -0.05) is 12.7 Å². The number of carbonyl (C=O) groups excluding carboxylic acids is 1. The molecule has 0 spiro atoms. The molecule has 3 heteroatoms. The van der Waals surface area contributed by atoms with Crippen LogP contribution < -0.4 is 5.32 Å². The van der Waals surface area contributed by atoms with Crippen LogP contribution in [0.25, 0.3) is 0 Å². The molecule has 1 aliphatic heterocycles. The van der Waals surface area contributed by atoms with Gasteiger partial charge in [0.25, 0.3) is 5.91 Å². The average Bonchev–Trinajstić information content (AvgIpc) is 2.30. The van der Waals surface area contributed by atoms with Crippen molar-refractivity contribution in [2.45, 2.75) is 0 Å². The third-order valence-corrected chi connectivity index (χ3v) is 1.37. The van der Waals surface area contributed by atoms with Gasteiger partial charge in [0.05, 0.1) is 17.8 Å². The number of amides is 1. The molecule has 0 aromatic carbocycles. The summed E-state index contributed by atoms with van der Waals surface area (Å²) in [5.41, 5.74) is 1.22. The summed E-state index contributed by atoms with van der Waals surface area (Å²) in [5, 5.41) is 2.60. The molecule has 0 aromatic heterocycles. The molecular formula is C7H8N2O. The van der Waals surface area contributed by atoms with E-state index in [4.69, 9.17) is 0 Å². The molecule has 0 aliphatic carbocycles. The van der Waals surface area contributed by atoms with Crippen molar-refractivity contribution in [2.24, 2.45) is 4.99 Å². The Morgan fingerprint density at radius 3 is 2.80 bits per heavy atom. The number of hydrogen-bond donors (Lipinski definition) is 1. The van der Waals surface area contributed by atoms with Gasteiger partial charge in [0.1, 0.15) is 0 Å². The fourth-order valence-corrected chi connectivity index (χ4v) is 0.837. The van der Waals surface area contributed by atoms with Gasteiger partial charge in [0.15, 0.2) is 0 Å². The van der Waals surface area contributed by atoms with Crippen molar-refractivity contribution in [2.75, 3.05) is 6.54 Å². The van der Waals surface area contributed by atoms with Gasteiger partial charge in [-0.2, -0.15) is 0 Å². The number of aliphatic imine (C=N–C) groups is 1. The SMILES string of the molecule is C=CC1=C(N=C)CNC1=O. The Hall–Kier alpha value is -1.38. The minimum Gasteiger partial charge on any atom is -0.346 e. The topological polar surface area (TPSA) is 41.5 Å². The van der Waals surface area contributed by atoms with Crippen molar-refractivity contribution < 1.29 is 4.79 Å². The summed E-state index contributed by atoms with van der Waals surface area (Å²) in [7, 11) is 0. The Balaban J connectivity index is 3.02. The third-order valence-electron chi connectivity index (χ3n) is 1.37. The molecule has 10 heavy (non-hydrogen) atoms. The highest BCUT2D eigenvalue weighted by atomic mass is 16.1. The molecule has 0 saturated carbocycles. The number of nitrogens with one attached hydrogen (secondary N) is 1. The van der Waals surface area contributed by atoms with Crippen molar-refractivity contribution in [3.63, 3.8) is 0 Å². The van der Waals surface area contributed by atoms with Crippen molar-refractivity contribution in [1.29, 1.82) is 0 Å². The maximum Gasteiger partial charge on any atom is 0.253 e.